The Morgan fingerprint density at radius 2 is 2.08 bits per heavy atom. The molecule has 13 nitrogen and oxygen atoms in total. The number of nitriles is 1. The maximum Gasteiger partial charge on any atom is 0.272 e. The Kier molecular flexibility index (Phi) is 6.50. The van der Waals surface area contributed by atoms with Gasteiger partial charge in [0.15, 0.2) is 0 Å². The van der Waals surface area contributed by atoms with Gasteiger partial charge in [-0.05, 0) is 18.4 Å². The number of ether oxygens (including phenoxy) is 1. The van der Waals surface area contributed by atoms with Gasteiger partial charge in [0.05, 0.1) is 58.4 Å². The number of hydrogen-bond acceptors (Lipinski definition) is 11. The maximum absolute atomic E-state index is 12.3. The lowest BCUT2D eigenvalue weighted by molar-refractivity contribution is 0.0719. The lowest BCUT2D eigenvalue weighted by atomic mass is 9.89. The highest BCUT2D eigenvalue weighted by Gasteiger charge is 2.49. The van der Waals surface area contributed by atoms with Crippen molar-refractivity contribution in [3.05, 3.63) is 36.2 Å². The fourth-order valence-corrected chi connectivity index (χ4v) is 6.22. The van der Waals surface area contributed by atoms with Crippen LogP contribution in [0.2, 0.25) is 0 Å². The molecule has 1 N–H and O–H groups in total. The summed E-state index contributed by atoms with van der Waals surface area (Å²) in [7, 11) is -1.91. The molecule has 0 atom stereocenters. The largest absolute Gasteiger partial charge is 0.375 e. The van der Waals surface area contributed by atoms with E-state index in [4.69, 9.17) is 9.72 Å². The molecule has 0 amide bonds. The van der Waals surface area contributed by atoms with Crippen LogP contribution in [0.15, 0.2) is 36.2 Å². The third-order valence-electron chi connectivity index (χ3n) is 6.12. The Morgan fingerprint density at radius 1 is 1.27 bits per heavy atom. The van der Waals surface area contributed by atoms with Crippen molar-refractivity contribution in [1.82, 2.24) is 33.8 Å². The number of hydrogen-bond donors (Lipinski definition) is 1. The van der Waals surface area contributed by atoms with E-state index < -0.39 is 15.6 Å². The molecular weight excluding hydrogens is 518 g/mol. The Labute approximate surface area is 216 Å². The predicted octanol–water partition coefficient (Wildman–Crippen LogP) is 2.06. The van der Waals surface area contributed by atoms with Crippen molar-refractivity contribution in [1.29, 1.82) is 5.26 Å². The number of nitrogens with zero attached hydrogens (tertiary/aromatic N) is 8. The van der Waals surface area contributed by atoms with E-state index in [1.54, 1.807) is 24.0 Å². The standard InChI is InChI=1S/C22H23N9O4S2/c1-3-37(33,34)29-13-22(14-29,5-6-23)31-10-15(8-25-31)19-20-17(4-7-36-20)27-21(28-19)26-16-9-24-30(11-16)18(32)12-35-2/h4,7-11H,3,5,12-14H2,1-2H3,(H,26,27,28). The summed E-state index contributed by atoms with van der Waals surface area (Å²) in [5.74, 6) is 0.000383. The summed E-state index contributed by atoms with van der Waals surface area (Å²) >= 11 is 1.49. The second-order valence-electron chi connectivity index (χ2n) is 8.56. The van der Waals surface area contributed by atoms with Gasteiger partial charge in [-0.1, -0.05) is 0 Å². The summed E-state index contributed by atoms with van der Waals surface area (Å²) in [5, 5.41) is 23.0. The molecular formula is C22H23N9O4S2. The SMILES string of the molecule is CCS(=O)(=O)N1CC(CC#N)(n2cc(-c3nc(Nc4cnn(C(=O)COC)c4)nc4ccsc34)cn2)C1. The monoisotopic (exact) mass is 541 g/mol. The molecule has 5 rings (SSSR count). The summed E-state index contributed by atoms with van der Waals surface area (Å²) in [4.78, 5) is 21.3. The molecule has 0 saturated carbocycles. The van der Waals surface area contributed by atoms with Gasteiger partial charge in [0.1, 0.15) is 12.1 Å². The fraction of sp³-hybridized carbons (Fsp3) is 0.364. The lowest BCUT2D eigenvalue weighted by Crippen LogP contribution is -2.64. The van der Waals surface area contributed by atoms with Crippen LogP contribution < -0.4 is 5.32 Å². The summed E-state index contributed by atoms with van der Waals surface area (Å²) in [6, 6.07) is 4.05. The van der Waals surface area contributed by atoms with Crippen LogP contribution in [0.25, 0.3) is 21.5 Å². The van der Waals surface area contributed by atoms with Crippen LogP contribution in [-0.4, -0.2) is 80.7 Å². The zero-order valence-corrected chi connectivity index (χ0v) is 21.7. The number of rotatable bonds is 9. The minimum Gasteiger partial charge on any atom is -0.375 e. The van der Waals surface area contributed by atoms with E-state index in [2.05, 4.69) is 26.6 Å². The third kappa shape index (κ3) is 4.60. The quantitative estimate of drug-likeness (QED) is 0.332. The van der Waals surface area contributed by atoms with Crippen molar-refractivity contribution >= 4 is 49.1 Å². The molecule has 192 valence electrons. The van der Waals surface area contributed by atoms with Gasteiger partial charge >= 0.3 is 0 Å². The average molecular weight is 542 g/mol. The highest BCUT2D eigenvalue weighted by molar-refractivity contribution is 7.89. The lowest BCUT2D eigenvalue weighted by Gasteiger charge is -2.47. The number of carbonyl (C=O) groups is 1. The van der Waals surface area contributed by atoms with Crippen molar-refractivity contribution in [2.45, 2.75) is 18.9 Å². The van der Waals surface area contributed by atoms with Gasteiger partial charge in [-0.25, -0.2) is 23.1 Å². The molecule has 37 heavy (non-hydrogen) atoms. The summed E-state index contributed by atoms with van der Waals surface area (Å²) in [5.41, 5.74) is 1.87. The number of sulfonamides is 1. The maximum atomic E-state index is 12.3. The second kappa shape index (κ2) is 9.63. The molecule has 5 heterocycles. The number of fused-ring (bicyclic) bond motifs is 1. The first-order valence-electron chi connectivity index (χ1n) is 11.3. The molecule has 0 radical (unpaired) electrons. The van der Waals surface area contributed by atoms with E-state index in [0.29, 0.717) is 22.9 Å². The Hall–Kier alpha value is -3.71. The number of methoxy groups -OCH3 is 1. The Morgan fingerprint density at radius 3 is 2.81 bits per heavy atom. The highest BCUT2D eigenvalue weighted by Crippen LogP contribution is 2.37. The summed E-state index contributed by atoms with van der Waals surface area (Å²) in [6.45, 7) is 1.88. The predicted molar refractivity (Wildman–Crippen MR) is 136 cm³/mol. The molecule has 15 heteroatoms. The van der Waals surface area contributed by atoms with Crippen molar-refractivity contribution in [3.8, 4) is 17.3 Å². The zero-order valence-electron chi connectivity index (χ0n) is 20.0. The molecule has 1 aliphatic rings. The fourth-order valence-electron chi connectivity index (χ4n) is 4.14. The van der Waals surface area contributed by atoms with E-state index in [9.17, 15) is 18.5 Å². The van der Waals surface area contributed by atoms with Crippen LogP contribution >= 0.6 is 11.3 Å². The molecule has 0 aliphatic carbocycles. The van der Waals surface area contributed by atoms with Crippen LogP contribution in [-0.2, 0) is 20.3 Å². The first-order chi connectivity index (χ1) is 17.8. The number of aromatic nitrogens is 6. The average Bonchev–Trinajstić information content (AvgIpc) is 3.61. The molecule has 1 fully saturated rings. The summed E-state index contributed by atoms with van der Waals surface area (Å²) in [6.07, 6.45) is 6.59. The summed E-state index contributed by atoms with van der Waals surface area (Å²) < 4.78 is 34.5. The van der Waals surface area contributed by atoms with Crippen molar-refractivity contribution in [2.75, 3.05) is 37.9 Å². The van der Waals surface area contributed by atoms with Crippen LogP contribution in [0.5, 0.6) is 0 Å². The van der Waals surface area contributed by atoms with E-state index in [1.165, 1.54) is 39.8 Å². The van der Waals surface area contributed by atoms with Crippen LogP contribution in [0.3, 0.4) is 0 Å². The van der Waals surface area contributed by atoms with Gasteiger partial charge in [-0.3, -0.25) is 9.48 Å². The second-order valence-corrected chi connectivity index (χ2v) is 11.7. The first-order valence-corrected chi connectivity index (χ1v) is 13.8. The molecule has 4 aromatic rings. The van der Waals surface area contributed by atoms with Gasteiger partial charge in [0.2, 0.25) is 16.0 Å². The normalized spacial score (nSPS) is 15.4. The topological polar surface area (TPSA) is 161 Å². The third-order valence-corrected chi connectivity index (χ3v) is 8.80. The van der Waals surface area contributed by atoms with Crippen molar-refractivity contribution in [3.63, 3.8) is 0 Å². The van der Waals surface area contributed by atoms with E-state index in [0.717, 1.165) is 10.2 Å². The molecule has 0 spiro atoms. The smallest absolute Gasteiger partial charge is 0.272 e. The number of nitrogens with one attached hydrogen (secondary N) is 1. The zero-order chi connectivity index (χ0) is 26.2. The van der Waals surface area contributed by atoms with Crippen LogP contribution in [0.4, 0.5) is 11.6 Å². The molecule has 1 saturated heterocycles. The number of thiophene rings is 1. The molecule has 4 aromatic heterocycles. The molecule has 1 aliphatic heterocycles. The molecule has 0 bridgehead atoms. The van der Waals surface area contributed by atoms with Gasteiger partial charge in [0.25, 0.3) is 5.91 Å². The molecule has 0 unspecified atom stereocenters. The van der Waals surface area contributed by atoms with Crippen LogP contribution in [0, 0.1) is 11.3 Å². The van der Waals surface area contributed by atoms with Gasteiger partial charge < -0.3 is 10.1 Å². The first kappa shape index (κ1) is 25.0. The van der Waals surface area contributed by atoms with Gasteiger partial charge in [-0.2, -0.15) is 19.8 Å². The Bertz CT molecular complexity index is 1610. The van der Waals surface area contributed by atoms with Crippen LogP contribution in [0.1, 0.15) is 18.1 Å². The van der Waals surface area contributed by atoms with Crippen molar-refractivity contribution < 1.29 is 17.9 Å². The van der Waals surface area contributed by atoms with E-state index in [-0.39, 0.29) is 37.8 Å². The van der Waals surface area contributed by atoms with Gasteiger partial charge in [0, 0.05) is 32.0 Å². The number of carbonyl (C=O) groups excluding carboxylic acids is 1. The minimum atomic E-state index is -3.35. The Balaban J connectivity index is 1.45. The van der Waals surface area contributed by atoms with Gasteiger partial charge in [-0.15, -0.1) is 11.3 Å². The van der Waals surface area contributed by atoms with E-state index >= 15 is 0 Å². The van der Waals surface area contributed by atoms with Crippen molar-refractivity contribution in [2.24, 2.45) is 0 Å². The van der Waals surface area contributed by atoms with E-state index in [1.807, 2.05) is 11.4 Å². The molecule has 0 aromatic carbocycles. The number of anilines is 2. The minimum absolute atomic E-state index is 0.00646. The highest BCUT2D eigenvalue weighted by atomic mass is 32.2.